The molecule has 0 heterocycles. The standard InChI is InChI=1S/C14H28N2O/c1-4-14(3,15)13(17)16-11(2)12-9-7-5-6-8-10-12/h11-12H,4-10,15H2,1-3H3,(H,16,17)/t11-,14?/m0/s1. The van der Waals surface area contributed by atoms with Gasteiger partial charge in [0.05, 0.1) is 5.54 Å². The van der Waals surface area contributed by atoms with E-state index in [-0.39, 0.29) is 11.9 Å². The highest BCUT2D eigenvalue weighted by Gasteiger charge is 2.29. The highest BCUT2D eigenvalue weighted by molar-refractivity contribution is 5.85. The number of carbonyl (C=O) groups excluding carboxylic acids is 1. The molecule has 1 unspecified atom stereocenters. The maximum Gasteiger partial charge on any atom is 0.239 e. The van der Waals surface area contributed by atoms with Crippen molar-refractivity contribution in [3.05, 3.63) is 0 Å². The number of hydrogen-bond donors (Lipinski definition) is 2. The summed E-state index contributed by atoms with van der Waals surface area (Å²) in [5, 5.41) is 3.10. The summed E-state index contributed by atoms with van der Waals surface area (Å²) in [6.07, 6.45) is 8.47. The zero-order valence-corrected chi connectivity index (χ0v) is 11.6. The Morgan fingerprint density at radius 3 is 2.35 bits per heavy atom. The fourth-order valence-electron chi connectivity index (χ4n) is 2.46. The minimum atomic E-state index is -0.723. The third-order valence-corrected chi connectivity index (χ3v) is 4.22. The van der Waals surface area contributed by atoms with Crippen LogP contribution in [0.15, 0.2) is 0 Å². The molecule has 0 aromatic carbocycles. The van der Waals surface area contributed by atoms with Gasteiger partial charge in [-0.2, -0.15) is 0 Å². The monoisotopic (exact) mass is 240 g/mol. The van der Waals surface area contributed by atoms with Crippen LogP contribution in [0.3, 0.4) is 0 Å². The number of carbonyl (C=O) groups is 1. The van der Waals surface area contributed by atoms with Crippen molar-refractivity contribution in [2.45, 2.75) is 77.3 Å². The molecule has 1 saturated carbocycles. The molecule has 3 heteroatoms. The van der Waals surface area contributed by atoms with Gasteiger partial charge >= 0.3 is 0 Å². The minimum absolute atomic E-state index is 0.00301. The van der Waals surface area contributed by atoms with Gasteiger partial charge in [0.2, 0.25) is 5.91 Å². The maximum atomic E-state index is 12.0. The van der Waals surface area contributed by atoms with E-state index >= 15 is 0 Å². The summed E-state index contributed by atoms with van der Waals surface area (Å²) in [6, 6.07) is 0.259. The van der Waals surface area contributed by atoms with Crippen molar-refractivity contribution in [3.8, 4) is 0 Å². The first-order valence-corrected chi connectivity index (χ1v) is 7.07. The van der Waals surface area contributed by atoms with E-state index in [0.29, 0.717) is 12.3 Å². The van der Waals surface area contributed by atoms with Crippen LogP contribution in [0.2, 0.25) is 0 Å². The van der Waals surface area contributed by atoms with Crippen molar-refractivity contribution in [1.82, 2.24) is 5.32 Å². The average Bonchev–Trinajstić information content (AvgIpc) is 2.57. The van der Waals surface area contributed by atoms with Gasteiger partial charge in [0, 0.05) is 6.04 Å². The summed E-state index contributed by atoms with van der Waals surface area (Å²) in [4.78, 5) is 12.0. The SMILES string of the molecule is CCC(C)(N)C(=O)N[C@@H](C)C1CCCCCC1. The summed E-state index contributed by atoms with van der Waals surface area (Å²) in [7, 11) is 0. The number of nitrogens with one attached hydrogen (secondary N) is 1. The molecule has 1 aliphatic rings. The van der Waals surface area contributed by atoms with E-state index in [4.69, 9.17) is 5.73 Å². The molecule has 3 N–H and O–H groups in total. The molecule has 0 bridgehead atoms. The van der Waals surface area contributed by atoms with Gasteiger partial charge in [-0.3, -0.25) is 4.79 Å². The molecule has 1 fully saturated rings. The predicted octanol–water partition coefficient (Wildman–Crippen LogP) is 2.59. The molecule has 0 aliphatic heterocycles. The molecule has 0 aromatic heterocycles. The Morgan fingerprint density at radius 2 is 1.88 bits per heavy atom. The quantitative estimate of drug-likeness (QED) is 0.742. The first-order valence-electron chi connectivity index (χ1n) is 7.07. The molecule has 2 atom stereocenters. The van der Waals surface area contributed by atoms with Gasteiger partial charge in [0.25, 0.3) is 0 Å². The van der Waals surface area contributed by atoms with Gasteiger partial charge in [-0.25, -0.2) is 0 Å². The second-order valence-corrected chi connectivity index (χ2v) is 5.78. The molecule has 17 heavy (non-hydrogen) atoms. The number of nitrogens with two attached hydrogens (primary N) is 1. The molecule has 100 valence electrons. The van der Waals surface area contributed by atoms with Crippen LogP contribution >= 0.6 is 0 Å². The first kappa shape index (κ1) is 14.5. The fourth-order valence-corrected chi connectivity index (χ4v) is 2.46. The zero-order chi connectivity index (χ0) is 12.9. The number of rotatable bonds is 4. The van der Waals surface area contributed by atoms with Crippen molar-refractivity contribution in [2.75, 3.05) is 0 Å². The van der Waals surface area contributed by atoms with Crippen LogP contribution in [0.1, 0.15) is 65.7 Å². The summed E-state index contributed by atoms with van der Waals surface area (Å²) in [5.74, 6) is 0.630. The van der Waals surface area contributed by atoms with Crippen LogP contribution in [0.4, 0.5) is 0 Å². The smallest absolute Gasteiger partial charge is 0.239 e. The van der Waals surface area contributed by atoms with Gasteiger partial charge in [-0.1, -0.05) is 32.6 Å². The Hall–Kier alpha value is -0.570. The van der Waals surface area contributed by atoms with E-state index in [1.807, 2.05) is 13.8 Å². The summed E-state index contributed by atoms with van der Waals surface area (Å²) in [6.45, 7) is 5.89. The van der Waals surface area contributed by atoms with Gasteiger partial charge in [-0.05, 0) is 39.0 Å². The molecule has 1 amide bonds. The lowest BCUT2D eigenvalue weighted by molar-refractivity contribution is -0.126. The largest absolute Gasteiger partial charge is 0.352 e. The summed E-state index contributed by atoms with van der Waals surface area (Å²) < 4.78 is 0. The summed E-state index contributed by atoms with van der Waals surface area (Å²) in [5.41, 5.74) is 5.23. The minimum Gasteiger partial charge on any atom is -0.352 e. The van der Waals surface area contributed by atoms with Crippen molar-refractivity contribution in [3.63, 3.8) is 0 Å². The van der Waals surface area contributed by atoms with Gasteiger partial charge in [-0.15, -0.1) is 0 Å². The van der Waals surface area contributed by atoms with Crippen LogP contribution in [0.25, 0.3) is 0 Å². The molecule has 0 aromatic rings. The highest BCUT2D eigenvalue weighted by Crippen LogP contribution is 2.25. The molecular formula is C14H28N2O. The lowest BCUT2D eigenvalue weighted by atomic mass is 9.91. The van der Waals surface area contributed by atoms with Gasteiger partial charge in [0.1, 0.15) is 0 Å². The van der Waals surface area contributed by atoms with Crippen LogP contribution in [-0.4, -0.2) is 17.5 Å². The van der Waals surface area contributed by atoms with E-state index in [1.54, 1.807) is 0 Å². The Bertz CT molecular complexity index is 243. The highest BCUT2D eigenvalue weighted by atomic mass is 16.2. The van der Waals surface area contributed by atoms with Gasteiger partial charge in [0.15, 0.2) is 0 Å². The molecule has 0 radical (unpaired) electrons. The topological polar surface area (TPSA) is 55.1 Å². The van der Waals surface area contributed by atoms with Crippen LogP contribution in [-0.2, 0) is 4.79 Å². The van der Waals surface area contributed by atoms with E-state index in [1.165, 1.54) is 38.5 Å². The third-order valence-electron chi connectivity index (χ3n) is 4.22. The zero-order valence-electron chi connectivity index (χ0n) is 11.6. The molecular weight excluding hydrogens is 212 g/mol. The second-order valence-electron chi connectivity index (χ2n) is 5.78. The second kappa shape index (κ2) is 6.39. The Labute approximate surface area is 106 Å². The van der Waals surface area contributed by atoms with Crippen molar-refractivity contribution in [2.24, 2.45) is 11.7 Å². The Kier molecular flexibility index (Phi) is 5.44. The Balaban J connectivity index is 2.47. The first-order chi connectivity index (χ1) is 7.97. The molecule has 1 aliphatic carbocycles. The van der Waals surface area contributed by atoms with Crippen LogP contribution in [0.5, 0.6) is 0 Å². The summed E-state index contributed by atoms with van der Waals surface area (Å²) >= 11 is 0. The van der Waals surface area contributed by atoms with Crippen LogP contribution in [0, 0.1) is 5.92 Å². The van der Waals surface area contributed by atoms with Crippen LogP contribution < -0.4 is 11.1 Å². The third kappa shape index (κ3) is 4.30. The number of hydrogen-bond acceptors (Lipinski definition) is 2. The number of amides is 1. The van der Waals surface area contributed by atoms with E-state index < -0.39 is 5.54 Å². The van der Waals surface area contributed by atoms with E-state index in [2.05, 4.69) is 12.2 Å². The molecule has 1 rings (SSSR count). The molecule has 0 saturated heterocycles. The predicted molar refractivity (Wildman–Crippen MR) is 71.7 cm³/mol. The molecule has 0 spiro atoms. The lowest BCUT2D eigenvalue weighted by Gasteiger charge is -2.28. The lowest BCUT2D eigenvalue weighted by Crippen LogP contribution is -2.54. The normalized spacial score (nSPS) is 23.5. The van der Waals surface area contributed by atoms with Crippen molar-refractivity contribution >= 4 is 5.91 Å². The fraction of sp³-hybridized carbons (Fsp3) is 0.929. The maximum absolute atomic E-state index is 12.0. The molecule has 3 nitrogen and oxygen atoms in total. The Morgan fingerprint density at radius 1 is 1.35 bits per heavy atom. The van der Waals surface area contributed by atoms with Crippen molar-refractivity contribution < 1.29 is 4.79 Å². The van der Waals surface area contributed by atoms with E-state index in [9.17, 15) is 4.79 Å². The van der Waals surface area contributed by atoms with E-state index in [0.717, 1.165) is 0 Å². The average molecular weight is 240 g/mol. The van der Waals surface area contributed by atoms with Crippen molar-refractivity contribution in [1.29, 1.82) is 0 Å². The van der Waals surface area contributed by atoms with Gasteiger partial charge < -0.3 is 11.1 Å².